The van der Waals surface area contributed by atoms with E-state index >= 15 is 0 Å². The Kier molecular flexibility index (Phi) is 5.80. The predicted molar refractivity (Wildman–Crippen MR) is 98.1 cm³/mol. The van der Waals surface area contributed by atoms with Crippen LogP contribution in [0.2, 0.25) is 0 Å². The van der Waals surface area contributed by atoms with Gasteiger partial charge in [-0.25, -0.2) is 10.1 Å². The van der Waals surface area contributed by atoms with Crippen LogP contribution in [0.3, 0.4) is 0 Å². The molecule has 24 heavy (non-hydrogen) atoms. The lowest BCUT2D eigenvalue weighted by molar-refractivity contribution is -0.121. The standard InChI is InChI=1S/C16H19N5OS2/c1-16(2,3)10-18-19-13(22)9-21-15(23-4)11(8-17)14(20-21)12-6-5-7-24-12/h5-7,10H,9H2,1-4H3,(H,19,22)/b18-10+. The average Bonchev–Trinajstić information content (AvgIpc) is 3.12. The molecule has 0 aliphatic carbocycles. The first-order valence-electron chi connectivity index (χ1n) is 7.27. The third kappa shape index (κ3) is 4.46. The molecule has 0 radical (unpaired) electrons. The smallest absolute Gasteiger partial charge is 0.261 e. The number of nitrogens with zero attached hydrogens (tertiary/aromatic N) is 4. The van der Waals surface area contributed by atoms with Crippen LogP contribution < -0.4 is 5.43 Å². The normalized spacial score (nSPS) is 11.6. The summed E-state index contributed by atoms with van der Waals surface area (Å²) in [5.74, 6) is -0.282. The third-order valence-corrected chi connectivity index (χ3v) is 4.58. The van der Waals surface area contributed by atoms with Gasteiger partial charge >= 0.3 is 0 Å². The lowest BCUT2D eigenvalue weighted by atomic mass is 9.99. The number of hydrogen-bond donors (Lipinski definition) is 1. The van der Waals surface area contributed by atoms with Gasteiger partial charge in [-0.15, -0.1) is 23.1 Å². The first kappa shape index (κ1) is 18.2. The van der Waals surface area contributed by atoms with Gasteiger partial charge in [0, 0.05) is 6.21 Å². The maximum absolute atomic E-state index is 12.1. The van der Waals surface area contributed by atoms with Gasteiger partial charge in [-0.3, -0.25) is 4.79 Å². The van der Waals surface area contributed by atoms with Crippen molar-refractivity contribution in [2.75, 3.05) is 6.26 Å². The van der Waals surface area contributed by atoms with Crippen molar-refractivity contribution in [1.82, 2.24) is 15.2 Å². The monoisotopic (exact) mass is 361 g/mol. The highest BCUT2D eigenvalue weighted by Gasteiger charge is 2.20. The Labute approximate surface area is 149 Å². The molecule has 2 heterocycles. The van der Waals surface area contributed by atoms with Crippen molar-refractivity contribution in [3.63, 3.8) is 0 Å². The second kappa shape index (κ2) is 7.64. The second-order valence-electron chi connectivity index (χ2n) is 6.14. The zero-order chi connectivity index (χ0) is 17.7. The summed E-state index contributed by atoms with van der Waals surface area (Å²) in [5, 5.41) is 20.5. The van der Waals surface area contributed by atoms with Crippen LogP contribution in [0.5, 0.6) is 0 Å². The number of hydrazone groups is 1. The minimum atomic E-state index is -0.282. The highest BCUT2D eigenvalue weighted by molar-refractivity contribution is 7.98. The molecule has 1 amide bonds. The number of thioether (sulfide) groups is 1. The molecule has 0 fully saturated rings. The Morgan fingerprint density at radius 3 is 2.88 bits per heavy atom. The Morgan fingerprint density at radius 1 is 1.58 bits per heavy atom. The summed E-state index contributed by atoms with van der Waals surface area (Å²) in [6, 6.07) is 6.02. The Hall–Kier alpha value is -2.11. The van der Waals surface area contributed by atoms with Crippen LogP contribution in [0.4, 0.5) is 0 Å². The zero-order valence-electron chi connectivity index (χ0n) is 14.0. The van der Waals surface area contributed by atoms with Gasteiger partial charge in [0.05, 0.1) is 4.88 Å². The summed E-state index contributed by atoms with van der Waals surface area (Å²) in [4.78, 5) is 13.0. The van der Waals surface area contributed by atoms with E-state index < -0.39 is 0 Å². The van der Waals surface area contributed by atoms with E-state index in [0.717, 1.165) is 4.88 Å². The molecule has 6 nitrogen and oxygen atoms in total. The first-order chi connectivity index (χ1) is 11.4. The lowest BCUT2D eigenvalue weighted by Crippen LogP contribution is -2.25. The number of nitriles is 1. The number of aromatic nitrogens is 2. The SMILES string of the molecule is CSc1c(C#N)c(-c2cccs2)nn1CC(=O)N/N=C/C(C)(C)C. The van der Waals surface area contributed by atoms with Crippen molar-refractivity contribution in [3.8, 4) is 16.6 Å². The lowest BCUT2D eigenvalue weighted by Gasteiger charge is -2.10. The van der Waals surface area contributed by atoms with Crippen LogP contribution in [-0.4, -0.2) is 28.2 Å². The van der Waals surface area contributed by atoms with Gasteiger partial charge in [0.25, 0.3) is 5.91 Å². The van der Waals surface area contributed by atoms with Gasteiger partial charge in [-0.1, -0.05) is 26.8 Å². The fourth-order valence-corrected chi connectivity index (χ4v) is 3.29. The number of rotatable bonds is 5. The molecule has 0 saturated heterocycles. The van der Waals surface area contributed by atoms with E-state index in [1.807, 2.05) is 44.5 Å². The maximum atomic E-state index is 12.1. The molecular formula is C16H19N5OS2. The molecule has 0 bridgehead atoms. The minimum Gasteiger partial charge on any atom is -0.271 e. The van der Waals surface area contributed by atoms with Gasteiger partial charge in [0.2, 0.25) is 0 Å². The van der Waals surface area contributed by atoms with Crippen LogP contribution in [0.1, 0.15) is 26.3 Å². The number of carbonyl (C=O) groups excluding carboxylic acids is 1. The molecule has 0 unspecified atom stereocenters. The Bertz CT molecular complexity index is 779. The fraction of sp³-hybridized carbons (Fsp3) is 0.375. The van der Waals surface area contributed by atoms with E-state index in [1.54, 1.807) is 10.9 Å². The molecule has 0 saturated carbocycles. The van der Waals surface area contributed by atoms with Crippen LogP contribution in [-0.2, 0) is 11.3 Å². The molecule has 0 aliphatic heterocycles. The number of carbonyl (C=O) groups is 1. The van der Waals surface area contributed by atoms with E-state index in [-0.39, 0.29) is 17.9 Å². The van der Waals surface area contributed by atoms with Gasteiger partial charge in [-0.2, -0.15) is 15.5 Å². The number of amides is 1. The molecule has 126 valence electrons. The van der Waals surface area contributed by atoms with Crippen LogP contribution in [0.15, 0.2) is 27.6 Å². The van der Waals surface area contributed by atoms with Gasteiger partial charge in [-0.05, 0) is 23.1 Å². The topological polar surface area (TPSA) is 83.1 Å². The van der Waals surface area contributed by atoms with Crippen molar-refractivity contribution < 1.29 is 4.79 Å². The summed E-state index contributed by atoms with van der Waals surface area (Å²) in [5.41, 5.74) is 3.50. The summed E-state index contributed by atoms with van der Waals surface area (Å²) < 4.78 is 1.56. The maximum Gasteiger partial charge on any atom is 0.261 e. The van der Waals surface area contributed by atoms with Crippen molar-refractivity contribution in [3.05, 3.63) is 23.1 Å². The molecule has 2 aromatic rings. The minimum absolute atomic E-state index is 0.0116. The largest absolute Gasteiger partial charge is 0.271 e. The highest BCUT2D eigenvalue weighted by Crippen LogP contribution is 2.32. The average molecular weight is 361 g/mol. The number of thiophene rings is 1. The van der Waals surface area contributed by atoms with E-state index in [2.05, 4.69) is 21.7 Å². The van der Waals surface area contributed by atoms with Crippen LogP contribution in [0.25, 0.3) is 10.6 Å². The molecule has 8 heteroatoms. The number of nitrogens with one attached hydrogen (secondary N) is 1. The molecule has 2 rings (SSSR count). The predicted octanol–water partition coefficient (Wildman–Crippen LogP) is 3.35. The summed E-state index contributed by atoms with van der Waals surface area (Å²) in [6.45, 7) is 6.00. The second-order valence-corrected chi connectivity index (χ2v) is 7.88. The molecule has 1 N–H and O–H groups in total. The fourth-order valence-electron chi connectivity index (χ4n) is 1.92. The molecule has 0 aliphatic rings. The van der Waals surface area contributed by atoms with Crippen molar-refractivity contribution in [1.29, 1.82) is 5.26 Å². The molecule has 0 atom stereocenters. The van der Waals surface area contributed by atoms with E-state index in [0.29, 0.717) is 16.3 Å². The van der Waals surface area contributed by atoms with Gasteiger partial charge in [0.15, 0.2) is 0 Å². The van der Waals surface area contributed by atoms with E-state index in [1.165, 1.54) is 23.1 Å². The van der Waals surface area contributed by atoms with E-state index in [9.17, 15) is 10.1 Å². The Morgan fingerprint density at radius 2 is 2.33 bits per heavy atom. The summed E-state index contributed by atoms with van der Waals surface area (Å²) in [6.07, 6.45) is 3.55. The van der Waals surface area contributed by atoms with Crippen molar-refractivity contribution in [2.45, 2.75) is 32.3 Å². The Balaban J connectivity index is 2.23. The molecule has 0 spiro atoms. The highest BCUT2D eigenvalue weighted by atomic mass is 32.2. The zero-order valence-corrected chi connectivity index (χ0v) is 15.7. The van der Waals surface area contributed by atoms with Gasteiger partial charge in [0.1, 0.15) is 28.9 Å². The van der Waals surface area contributed by atoms with E-state index in [4.69, 9.17) is 0 Å². The van der Waals surface area contributed by atoms with Gasteiger partial charge < -0.3 is 0 Å². The summed E-state index contributed by atoms with van der Waals surface area (Å²) >= 11 is 2.91. The van der Waals surface area contributed by atoms with Crippen molar-refractivity contribution in [2.24, 2.45) is 10.5 Å². The first-order valence-corrected chi connectivity index (χ1v) is 9.38. The summed E-state index contributed by atoms with van der Waals surface area (Å²) in [7, 11) is 0. The van der Waals surface area contributed by atoms with Crippen LogP contribution in [0, 0.1) is 16.7 Å². The molecule has 0 aromatic carbocycles. The quantitative estimate of drug-likeness (QED) is 0.503. The van der Waals surface area contributed by atoms with Crippen molar-refractivity contribution >= 4 is 35.2 Å². The third-order valence-electron chi connectivity index (χ3n) is 2.90. The molecular weight excluding hydrogens is 342 g/mol. The van der Waals surface area contributed by atoms with Crippen LogP contribution >= 0.6 is 23.1 Å². The molecule has 2 aromatic heterocycles. The number of hydrogen-bond acceptors (Lipinski definition) is 6.